The standard InChI is InChI=1S/C14H17ClN2OS/c1-9-6-10(8-11(15)7-9)12(18)17-14(13(16)19)4-2-3-5-14/h6-8H,2-5H2,1H3,(H2,16,19)(H,17,18). The van der Waals surface area contributed by atoms with Crippen molar-refractivity contribution in [1.29, 1.82) is 0 Å². The molecule has 102 valence electrons. The first-order valence-electron chi connectivity index (χ1n) is 6.33. The Hall–Kier alpha value is -1.13. The van der Waals surface area contributed by atoms with Gasteiger partial charge in [0, 0.05) is 10.6 Å². The summed E-state index contributed by atoms with van der Waals surface area (Å²) < 4.78 is 0. The Morgan fingerprint density at radius 3 is 2.53 bits per heavy atom. The largest absolute Gasteiger partial charge is 0.391 e. The van der Waals surface area contributed by atoms with Crippen LogP contribution in [0, 0.1) is 6.92 Å². The molecule has 0 aromatic heterocycles. The first-order chi connectivity index (χ1) is 8.93. The number of nitrogens with two attached hydrogens (primary N) is 1. The summed E-state index contributed by atoms with van der Waals surface area (Å²) in [6.45, 7) is 1.90. The molecule has 1 saturated carbocycles. The van der Waals surface area contributed by atoms with E-state index in [1.807, 2.05) is 19.1 Å². The number of amides is 1. The fourth-order valence-corrected chi connectivity index (χ4v) is 3.11. The summed E-state index contributed by atoms with van der Waals surface area (Å²) in [5.74, 6) is -0.166. The first-order valence-corrected chi connectivity index (χ1v) is 7.11. The average Bonchev–Trinajstić information content (AvgIpc) is 2.77. The number of aryl methyl sites for hydroxylation is 1. The summed E-state index contributed by atoms with van der Waals surface area (Å²) >= 11 is 11.1. The molecule has 5 heteroatoms. The van der Waals surface area contributed by atoms with Crippen molar-refractivity contribution in [3.05, 3.63) is 34.3 Å². The molecule has 1 aromatic carbocycles. The zero-order valence-corrected chi connectivity index (χ0v) is 12.4. The van der Waals surface area contributed by atoms with E-state index >= 15 is 0 Å². The molecule has 1 amide bonds. The zero-order chi connectivity index (χ0) is 14.0. The summed E-state index contributed by atoms with van der Waals surface area (Å²) in [6.07, 6.45) is 3.69. The molecule has 1 fully saturated rings. The van der Waals surface area contributed by atoms with Gasteiger partial charge in [0.15, 0.2) is 0 Å². The van der Waals surface area contributed by atoms with Gasteiger partial charge in [-0.2, -0.15) is 0 Å². The van der Waals surface area contributed by atoms with E-state index in [1.54, 1.807) is 6.07 Å². The highest BCUT2D eigenvalue weighted by Crippen LogP contribution is 2.30. The molecule has 0 unspecified atom stereocenters. The third kappa shape index (κ3) is 3.07. The van der Waals surface area contributed by atoms with Gasteiger partial charge in [0.2, 0.25) is 0 Å². The molecule has 2 rings (SSSR count). The molecule has 3 nitrogen and oxygen atoms in total. The maximum Gasteiger partial charge on any atom is 0.252 e. The second-order valence-corrected chi connectivity index (χ2v) is 6.00. The molecule has 0 saturated heterocycles. The normalized spacial score (nSPS) is 17.2. The van der Waals surface area contributed by atoms with Crippen LogP contribution in [0.1, 0.15) is 41.6 Å². The minimum Gasteiger partial charge on any atom is -0.391 e. The number of thiocarbonyl (C=S) groups is 1. The number of benzene rings is 1. The zero-order valence-electron chi connectivity index (χ0n) is 10.8. The van der Waals surface area contributed by atoms with E-state index in [0.29, 0.717) is 15.6 Å². The molecule has 0 spiro atoms. The highest BCUT2D eigenvalue weighted by Gasteiger charge is 2.38. The topological polar surface area (TPSA) is 55.1 Å². The molecule has 3 N–H and O–H groups in total. The summed E-state index contributed by atoms with van der Waals surface area (Å²) in [5.41, 5.74) is 6.79. The van der Waals surface area contributed by atoms with Gasteiger partial charge in [0.25, 0.3) is 5.91 Å². The third-order valence-corrected chi connectivity index (χ3v) is 4.19. The van der Waals surface area contributed by atoms with Gasteiger partial charge in [0.05, 0.1) is 10.5 Å². The summed E-state index contributed by atoms with van der Waals surface area (Å²) in [6, 6.07) is 5.28. The lowest BCUT2D eigenvalue weighted by Crippen LogP contribution is -2.54. The predicted molar refractivity (Wildman–Crippen MR) is 81.6 cm³/mol. The van der Waals surface area contributed by atoms with Gasteiger partial charge < -0.3 is 11.1 Å². The Bertz CT molecular complexity index is 504. The van der Waals surface area contributed by atoms with Gasteiger partial charge in [-0.25, -0.2) is 0 Å². The minimum absolute atomic E-state index is 0.166. The fourth-order valence-electron chi connectivity index (χ4n) is 2.57. The van der Waals surface area contributed by atoms with Crippen molar-refractivity contribution < 1.29 is 4.79 Å². The lowest BCUT2D eigenvalue weighted by molar-refractivity contribution is 0.0924. The molecule has 0 atom stereocenters. The Balaban J connectivity index is 2.22. The van der Waals surface area contributed by atoms with E-state index in [4.69, 9.17) is 29.6 Å². The smallest absolute Gasteiger partial charge is 0.252 e. The lowest BCUT2D eigenvalue weighted by atomic mass is 9.96. The number of halogens is 1. The second-order valence-electron chi connectivity index (χ2n) is 5.12. The van der Waals surface area contributed by atoms with Crippen LogP contribution in [-0.4, -0.2) is 16.4 Å². The van der Waals surface area contributed by atoms with Gasteiger partial charge in [-0.05, 0) is 43.5 Å². The van der Waals surface area contributed by atoms with E-state index < -0.39 is 5.54 Å². The van der Waals surface area contributed by atoms with E-state index in [2.05, 4.69) is 5.32 Å². The minimum atomic E-state index is -0.525. The van der Waals surface area contributed by atoms with Crippen LogP contribution in [0.4, 0.5) is 0 Å². The first kappa shape index (κ1) is 14.3. The van der Waals surface area contributed by atoms with Gasteiger partial charge in [-0.15, -0.1) is 0 Å². The Kier molecular flexibility index (Phi) is 4.11. The van der Waals surface area contributed by atoms with E-state index in [0.717, 1.165) is 31.2 Å². The number of carbonyl (C=O) groups is 1. The van der Waals surface area contributed by atoms with Crippen LogP contribution < -0.4 is 11.1 Å². The van der Waals surface area contributed by atoms with Crippen molar-refractivity contribution in [2.45, 2.75) is 38.1 Å². The highest BCUT2D eigenvalue weighted by atomic mass is 35.5. The van der Waals surface area contributed by atoms with Crippen molar-refractivity contribution in [2.24, 2.45) is 5.73 Å². The molecule has 0 bridgehead atoms. The van der Waals surface area contributed by atoms with Crippen molar-refractivity contribution >= 4 is 34.7 Å². The van der Waals surface area contributed by atoms with Crippen LogP contribution in [0.15, 0.2) is 18.2 Å². The van der Waals surface area contributed by atoms with Crippen molar-refractivity contribution in [3.8, 4) is 0 Å². The molecule has 0 heterocycles. The number of nitrogens with one attached hydrogen (secondary N) is 1. The van der Waals surface area contributed by atoms with E-state index in [-0.39, 0.29) is 5.91 Å². The van der Waals surface area contributed by atoms with E-state index in [1.165, 1.54) is 0 Å². The van der Waals surface area contributed by atoms with Crippen molar-refractivity contribution in [1.82, 2.24) is 5.32 Å². The van der Waals surface area contributed by atoms with Crippen molar-refractivity contribution in [3.63, 3.8) is 0 Å². The maximum absolute atomic E-state index is 12.3. The summed E-state index contributed by atoms with van der Waals surface area (Å²) in [7, 11) is 0. The molecule has 19 heavy (non-hydrogen) atoms. The summed E-state index contributed by atoms with van der Waals surface area (Å²) in [4.78, 5) is 12.7. The SMILES string of the molecule is Cc1cc(Cl)cc(C(=O)NC2(C(N)=S)CCCC2)c1. The molecule has 1 aromatic rings. The average molecular weight is 297 g/mol. The monoisotopic (exact) mass is 296 g/mol. The number of carbonyl (C=O) groups excluding carboxylic acids is 1. The van der Waals surface area contributed by atoms with Crippen LogP contribution in [0.3, 0.4) is 0 Å². The van der Waals surface area contributed by atoms with Gasteiger partial charge in [-0.1, -0.05) is 36.7 Å². The molecular formula is C14H17ClN2OS. The number of rotatable bonds is 3. The highest BCUT2D eigenvalue weighted by molar-refractivity contribution is 7.80. The molecule has 1 aliphatic rings. The predicted octanol–water partition coefficient (Wildman–Crippen LogP) is 2.98. The lowest BCUT2D eigenvalue weighted by Gasteiger charge is -2.29. The van der Waals surface area contributed by atoms with Crippen LogP contribution in [-0.2, 0) is 0 Å². The maximum atomic E-state index is 12.3. The van der Waals surface area contributed by atoms with Crippen LogP contribution in [0.2, 0.25) is 5.02 Å². The Morgan fingerprint density at radius 1 is 1.37 bits per heavy atom. The van der Waals surface area contributed by atoms with E-state index in [9.17, 15) is 4.79 Å². The molecule has 0 aliphatic heterocycles. The molecule has 1 aliphatic carbocycles. The van der Waals surface area contributed by atoms with Crippen LogP contribution >= 0.6 is 23.8 Å². The number of hydrogen-bond donors (Lipinski definition) is 2. The quantitative estimate of drug-likeness (QED) is 0.843. The molecule has 0 radical (unpaired) electrons. The number of hydrogen-bond acceptors (Lipinski definition) is 2. The van der Waals surface area contributed by atoms with Crippen LogP contribution in [0.5, 0.6) is 0 Å². The molecular weight excluding hydrogens is 280 g/mol. The fraction of sp³-hybridized carbons (Fsp3) is 0.429. The van der Waals surface area contributed by atoms with Crippen LogP contribution in [0.25, 0.3) is 0 Å². The Labute approximate surface area is 123 Å². The second kappa shape index (κ2) is 5.47. The van der Waals surface area contributed by atoms with Gasteiger partial charge in [0.1, 0.15) is 0 Å². The summed E-state index contributed by atoms with van der Waals surface area (Å²) in [5, 5.41) is 3.56. The van der Waals surface area contributed by atoms with Gasteiger partial charge in [-0.3, -0.25) is 4.79 Å². The Morgan fingerprint density at radius 2 is 2.00 bits per heavy atom. The third-order valence-electron chi connectivity index (χ3n) is 3.59. The van der Waals surface area contributed by atoms with Crippen molar-refractivity contribution in [2.75, 3.05) is 0 Å². The van der Waals surface area contributed by atoms with Gasteiger partial charge >= 0.3 is 0 Å².